The van der Waals surface area contributed by atoms with E-state index >= 15 is 0 Å². The van der Waals surface area contributed by atoms with Crippen molar-refractivity contribution in [3.05, 3.63) is 113 Å². The number of carbonyl (C=O) groups is 2. The van der Waals surface area contributed by atoms with E-state index in [4.69, 9.17) is 9.26 Å². The van der Waals surface area contributed by atoms with Gasteiger partial charge in [-0.3, -0.25) is 9.59 Å². The van der Waals surface area contributed by atoms with Crippen LogP contribution in [0.2, 0.25) is 0 Å². The number of rotatable bonds is 8. The van der Waals surface area contributed by atoms with Crippen LogP contribution in [0.5, 0.6) is 5.75 Å². The summed E-state index contributed by atoms with van der Waals surface area (Å²) in [5.74, 6) is 0.857. The Morgan fingerprint density at radius 1 is 0.806 bits per heavy atom. The minimum absolute atomic E-state index is 0.0822. The molecule has 0 atom stereocenters. The molecule has 0 aliphatic carbocycles. The second-order valence-electron chi connectivity index (χ2n) is 6.96. The zero-order chi connectivity index (χ0) is 21.5. The van der Waals surface area contributed by atoms with Crippen LogP contribution in [0.4, 0.5) is 0 Å². The van der Waals surface area contributed by atoms with Gasteiger partial charge in [0, 0.05) is 24.0 Å². The number of carbonyl (C=O) groups excluding carboxylic acids is 2. The van der Waals surface area contributed by atoms with E-state index in [0.717, 1.165) is 5.56 Å². The molecule has 0 spiro atoms. The molecule has 31 heavy (non-hydrogen) atoms. The van der Waals surface area contributed by atoms with Crippen molar-refractivity contribution in [2.75, 3.05) is 0 Å². The Morgan fingerprint density at radius 3 is 2.16 bits per heavy atom. The van der Waals surface area contributed by atoms with Crippen LogP contribution in [0.25, 0.3) is 0 Å². The van der Waals surface area contributed by atoms with E-state index in [1.165, 1.54) is 0 Å². The average molecular weight is 412 g/mol. The van der Waals surface area contributed by atoms with Gasteiger partial charge >= 0.3 is 5.97 Å². The summed E-state index contributed by atoms with van der Waals surface area (Å²) >= 11 is 0. The van der Waals surface area contributed by atoms with Gasteiger partial charge in [0.1, 0.15) is 5.75 Å². The summed E-state index contributed by atoms with van der Waals surface area (Å²) in [6.45, 7) is 0. The Kier molecular flexibility index (Phi) is 6.28. The maximum absolute atomic E-state index is 12.4. The number of benzene rings is 3. The van der Waals surface area contributed by atoms with Crippen LogP contribution in [-0.4, -0.2) is 21.9 Å². The van der Waals surface area contributed by atoms with E-state index in [1.54, 1.807) is 36.4 Å². The van der Waals surface area contributed by atoms with Crippen LogP contribution >= 0.6 is 0 Å². The number of aryl methyl sites for hydroxylation is 1. The Morgan fingerprint density at radius 2 is 1.45 bits per heavy atom. The van der Waals surface area contributed by atoms with E-state index in [9.17, 15) is 9.59 Å². The third-order valence-electron chi connectivity index (χ3n) is 4.64. The number of aromatic nitrogens is 2. The highest BCUT2D eigenvalue weighted by molar-refractivity contribution is 6.09. The summed E-state index contributed by atoms with van der Waals surface area (Å²) in [6, 6.07) is 25.4. The van der Waals surface area contributed by atoms with Crippen molar-refractivity contribution >= 4 is 11.8 Å². The average Bonchev–Trinajstić information content (AvgIpc) is 3.26. The van der Waals surface area contributed by atoms with Gasteiger partial charge in [0.05, 0.1) is 6.42 Å². The molecule has 1 heterocycles. The molecule has 0 aliphatic heterocycles. The van der Waals surface area contributed by atoms with Gasteiger partial charge in [0.25, 0.3) is 0 Å². The second kappa shape index (κ2) is 9.63. The highest BCUT2D eigenvalue weighted by atomic mass is 16.5. The number of hydrogen-bond acceptors (Lipinski definition) is 6. The number of nitrogens with zero attached hydrogens (tertiary/aromatic N) is 2. The monoisotopic (exact) mass is 412 g/mol. The Balaban J connectivity index is 1.28. The van der Waals surface area contributed by atoms with Gasteiger partial charge in [0.15, 0.2) is 11.6 Å². The summed E-state index contributed by atoms with van der Waals surface area (Å²) in [5, 5.41) is 3.95. The smallest absolute Gasteiger partial charge is 0.311 e. The summed E-state index contributed by atoms with van der Waals surface area (Å²) in [6.07, 6.45) is 0.978. The number of esters is 1. The van der Waals surface area contributed by atoms with Crippen molar-refractivity contribution < 1.29 is 18.8 Å². The van der Waals surface area contributed by atoms with E-state index in [2.05, 4.69) is 10.1 Å². The molecule has 0 saturated heterocycles. The molecule has 3 aromatic carbocycles. The minimum Gasteiger partial charge on any atom is -0.427 e. The molecule has 4 aromatic rings. The SMILES string of the molecule is O=C(CCc1nc(Cc2ccccc2)no1)Oc1ccc(C(=O)c2ccccc2)cc1. The van der Waals surface area contributed by atoms with Gasteiger partial charge in [-0.1, -0.05) is 65.8 Å². The third kappa shape index (κ3) is 5.51. The van der Waals surface area contributed by atoms with E-state index < -0.39 is 5.97 Å². The molecule has 0 saturated carbocycles. The molecule has 154 valence electrons. The van der Waals surface area contributed by atoms with Crippen molar-refractivity contribution in [1.82, 2.24) is 10.1 Å². The Labute approximate surface area is 179 Å². The normalized spacial score (nSPS) is 10.6. The zero-order valence-electron chi connectivity index (χ0n) is 16.7. The van der Waals surface area contributed by atoms with Crippen LogP contribution in [0.3, 0.4) is 0 Å². The zero-order valence-corrected chi connectivity index (χ0v) is 16.7. The topological polar surface area (TPSA) is 82.3 Å². The number of hydrogen-bond donors (Lipinski definition) is 0. The van der Waals surface area contributed by atoms with Crippen LogP contribution in [0.1, 0.15) is 39.6 Å². The Bertz CT molecular complexity index is 1150. The summed E-state index contributed by atoms with van der Waals surface area (Å²) in [5.41, 5.74) is 2.23. The third-order valence-corrected chi connectivity index (χ3v) is 4.64. The molecule has 0 aliphatic rings. The molecular formula is C25H20N2O4. The van der Waals surface area contributed by atoms with E-state index in [-0.39, 0.29) is 12.2 Å². The van der Waals surface area contributed by atoms with E-state index in [0.29, 0.717) is 41.4 Å². The van der Waals surface area contributed by atoms with Crippen LogP contribution in [0.15, 0.2) is 89.5 Å². The molecule has 1 aromatic heterocycles. The molecular weight excluding hydrogens is 392 g/mol. The van der Waals surface area contributed by atoms with Gasteiger partial charge in [-0.05, 0) is 29.8 Å². The van der Waals surface area contributed by atoms with Gasteiger partial charge < -0.3 is 9.26 Å². The first-order chi connectivity index (χ1) is 15.2. The fraction of sp³-hybridized carbons (Fsp3) is 0.120. The first-order valence-electron chi connectivity index (χ1n) is 9.93. The lowest BCUT2D eigenvalue weighted by Gasteiger charge is -2.05. The molecule has 0 N–H and O–H groups in total. The molecule has 6 nitrogen and oxygen atoms in total. The van der Waals surface area contributed by atoms with Crippen molar-refractivity contribution in [3.63, 3.8) is 0 Å². The van der Waals surface area contributed by atoms with Gasteiger partial charge in [0.2, 0.25) is 5.89 Å². The first-order valence-corrected chi connectivity index (χ1v) is 9.93. The predicted octanol–water partition coefficient (Wildman–Crippen LogP) is 4.43. The molecule has 0 amide bonds. The fourth-order valence-electron chi connectivity index (χ4n) is 3.06. The summed E-state index contributed by atoms with van der Waals surface area (Å²) < 4.78 is 10.6. The lowest BCUT2D eigenvalue weighted by Crippen LogP contribution is -2.09. The Hall–Kier alpha value is -4.06. The first kappa shape index (κ1) is 20.2. The van der Waals surface area contributed by atoms with Crippen molar-refractivity contribution in [2.24, 2.45) is 0 Å². The van der Waals surface area contributed by atoms with Gasteiger partial charge in [-0.15, -0.1) is 0 Å². The van der Waals surface area contributed by atoms with E-state index in [1.807, 2.05) is 48.5 Å². The minimum atomic E-state index is -0.412. The van der Waals surface area contributed by atoms with Gasteiger partial charge in [-0.25, -0.2) is 0 Å². The van der Waals surface area contributed by atoms with Crippen LogP contribution < -0.4 is 4.74 Å². The highest BCUT2D eigenvalue weighted by Gasteiger charge is 2.13. The quantitative estimate of drug-likeness (QED) is 0.242. The largest absolute Gasteiger partial charge is 0.427 e. The predicted molar refractivity (Wildman–Crippen MR) is 114 cm³/mol. The standard InChI is InChI=1S/C25H20N2O4/c28-24(16-15-23-26-22(27-31-23)17-18-7-3-1-4-8-18)30-21-13-11-20(12-14-21)25(29)19-9-5-2-6-10-19/h1-14H,15-17H2. The lowest BCUT2D eigenvalue weighted by molar-refractivity contribution is -0.134. The lowest BCUT2D eigenvalue weighted by atomic mass is 10.0. The highest BCUT2D eigenvalue weighted by Crippen LogP contribution is 2.16. The molecule has 0 bridgehead atoms. The number of ketones is 1. The van der Waals surface area contributed by atoms with Crippen molar-refractivity contribution in [3.8, 4) is 5.75 Å². The molecule has 0 radical (unpaired) electrons. The maximum atomic E-state index is 12.4. The van der Waals surface area contributed by atoms with Crippen molar-refractivity contribution in [1.29, 1.82) is 0 Å². The number of ether oxygens (including phenoxy) is 1. The molecule has 0 unspecified atom stereocenters. The van der Waals surface area contributed by atoms with Crippen LogP contribution in [0, 0.1) is 0 Å². The maximum Gasteiger partial charge on any atom is 0.311 e. The summed E-state index contributed by atoms with van der Waals surface area (Å²) in [7, 11) is 0. The summed E-state index contributed by atoms with van der Waals surface area (Å²) in [4.78, 5) is 28.9. The molecule has 0 fully saturated rings. The molecule has 6 heteroatoms. The van der Waals surface area contributed by atoms with Crippen LogP contribution in [-0.2, 0) is 17.6 Å². The van der Waals surface area contributed by atoms with Crippen molar-refractivity contribution in [2.45, 2.75) is 19.3 Å². The second-order valence-corrected chi connectivity index (χ2v) is 6.96. The molecule has 4 rings (SSSR count). The fourth-order valence-corrected chi connectivity index (χ4v) is 3.06. The van der Waals surface area contributed by atoms with Gasteiger partial charge in [-0.2, -0.15) is 4.98 Å².